The first kappa shape index (κ1) is 29.4. The number of benzene rings is 4. The number of non-ortho nitro benzene ring substituents is 1. The minimum absolute atomic E-state index is 0.0239. The van der Waals surface area contributed by atoms with Crippen LogP contribution in [0.2, 0.25) is 0 Å². The molecule has 0 aliphatic heterocycles. The molecule has 0 aliphatic rings. The molecule has 2 amide bonds. The summed E-state index contributed by atoms with van der Waals surface area (Å²) in [5, 5.41) is 16.5. The Kier molecular flexibility index (Phi) is 9.17. The van der Waals surface area contributed by atoms with Crippen molar-refractivity contribution in [2.24, 2.45) is 0 Å². The number of ketones is 1. The molecule has 1 heterocycles. The van der Waals surface area contributed by atoms with Crippen molar-refractivity contribution in [2.45, 2.75) is 12.8 Å². The van der Waals surface area contributed by atoms with E-state index in [-0.39, 0.29) is 29.4 Å². The zero-order valence-electron chi connectivity index (χ0n) is 23.4. The van der Waals surface area contributed by atoms with Crippen molar-refractivity contribution in [1.29, 1.82) is 0 Å². The van der Waals surface area contributed by atoms with Crippen LogP contribution in [0.4, 0.5) is 17.1 Å². The van der Waals surface area contributed by atoms with Gasteiger partial charge in [-0.25, -0.2) is 0 Å². The summed E-state index contributed by atoms with van der Waals surface area (Å²) >= 11 is 0. The van der Waals surface area contributed by atoms with Gasteiger partial charge in [0.2, 0.25) is 11.8 Å². The minimum Gasteiger partial charge on any atom is -0.457 e. The smallest absolute Gasteiger partial charge is 0.269 e. The summed E-state index contributed by atoms with van der Waals surface area (Å²) in [4.78, 5) is 49.3. The highest BCUT2D eigenvalue weighted by Gasteiger charge is 2.17. The molecule has 9 heteroatoms. The number of nitrogens with zero attached hydrogens (tertiary/aromatic N) is 1. The lowest BCUT2D eigenvalue weighted by molar-refractivity contribution is -0.384. The predicted octanol–water partition coefficient (Wildman–Crippen LogP) is 7.31. The maximum absolute atomic E-state index is 13.4. The van der Waals surface area contributed by atoms with Crippen LogP contribution in [0.25, 0.3) is 17.4 Å². The first-order valence-corrected chi connectivity index (χ1v) is 13.8. The van der Waals surface area contributed by atoms with E-state index in [1.807, 2.05) is 30.3 Å². The number of anilines is 2. The standard InChI is InChI=1S/C35H27N3O6/c39-33(22-18-29-17-20-32(44-29)25-12-15-28(16-13-25)38(42)43)36-27-14-19-31(30(23-27)35(41)26-9-5-2-6-10-26)37-34(40)21-11-24-7-3-1-4-8-24/h1-10,12-20,22-23H,11,21H2,(H,36,39)(H,37,40)/b22-18+. The van der Waals surface area contributed by atoms with Crippen molar-refractivity contribution in [2.75, 3.05) is 10.6 Å². The fourth-order valence-electron chi connectivity index (χ4n) is 4.47. The molecule has 0 saturated heterocycles. The summed E-state index contributed by atoms with van der Waals surface area (Å²) in [5.74, 6) is -0.101. The van der Waals surface area contributed by atoms with Gasteiger partial charge in [0.15, 0.2) is 5.78 Å². The zero-order chi connectivity index (χ0) is 30.9. The van der Waals surface area contributed by atoms with Crippen LogP contribution in [-0.2, 0) is 16.0 Å². The van der Waals surface area contributed by atoms with Crippen molar-refractivity contribution < 1.29 is 23.7 Å². The van der Waals surface area contributed by atoms with Gasteiger partial charge in [-0.15, -0.1) is 0 Å². The lowest BCUT2D eigenvalue weighted by atomic mass is 10.0. The Labute approximate surface area is 253 Å². The van der Waals surface area contributed by atoms with E-state index in [9.17, 15) is 24.5 Å². The van der Waals surface area contributed by atoms with E-state index >= 15 is 0 Å². The van der Waals surface area contributed by atoms with E-state index in [4.69, 9.17) is 4.42 Å². The van der Waals surface area contributed by atoms with Crippen LogP contribution in [0.15, 0.2) is 126 Å². The van der Waals surface area contributed by atoms with Crippen LogP contribution < -0.4 is 10.6 Å². The van der Waals surface area contributed by atoms with E-state index in [0.717, 1.165) is 5.56 Å². The number of nitrogens with one attached hydrogen (secondary N) is 2. The fourth-order valence-corrected chi connectivity index (χ4v) is 4.47. The molecule has 0 spiro atoms. The normalized spacial score (nSPS) is 10.8. The highest BCUT2D eigenvalue weighted by molar-refractivity contribution is 6.15. The quantitative estimate of drug-likeness (QED) is 0.0723. The van der Waals surface area contributed by atoms with Gasteiger partial charge in [-0.2, -0.15) is 0 Å². The van der Waals surface area contributed by atoms with E-state index in [1.165, 1.54) is 30.4 Å². The van der Waals surface area contributed by atoms with E-state index in [2.05, 4.69) is 10.6 Å². The third kappa shape index (κ3) is 7.59. The molecule has 1 aromatic heterocycles. The molecule has 44 heavy (non-hydrogen) atoms. The van der Waals surface area contributed by atoms with Gasteiger partial charge in [0.25, 0.3) is 5.69 Å². The second kappa shape index (κ2) is 13.7. The van der Waals surface area contributed by atoms with Crippen molar-refractivity contribution in [3.05, 3.63) is 154 Å². The first-order chi connectivity index (χ1) is 21.4. The van der Waals surface area contributed by atoms with E-state index < -0.39 is 10.8 Å². The van der Waals surface area contributed by atoms with Crippen LogP contribution in [0, 0.1) is 10.1 Å². The van der Waals surface area contributed by atoms with E-state index in [1.54, 1.807) is 66.7 Å². The van der Waals surface area contributed by atoms with E-state index in [0.29, 0.717) is 40.4 Å². The van der Waals surface area contributed by atoms with Gasteiger partial charge in [-0.1, -0.05) is 60.7 Å². The molecular formula is C35H27N3O6. The Morgan fingerprint density at radius 2 is 1.50 bits per heavy atom. The Balaban J connectivity index is 1.28. The Hall–Kier alpha value is -6.09. The molecule has 0 radical (unpaired) electrons. The monoisotopic (exact) mass is 585 g/mol. The molecule has 9 nitrogen and oxygen atoms in total. The number of amides is 2. The average molecular weight is 586 g/mol. The van der Waals surface area contributed by atoms with Gasteiger partial charge >= 0.3 is 0 Å². The largest absolute Gasteiger partial charge is 0.457 e. The third-order valence-electron chi connectivity index (χ3n) is 6.71. The number of hydrogen-bond donors (Lipinski definition) is 2. The van der Waals surface area contributed by atoms with Crippen molar-refractivity contribution in [3.8, 4) is 11.3 Å². The topological polar surface area (TPSA) is 132 Å². The summed E-state index contributed by atoms with van der Waals surface area (Å²) < 4.78 is 5.75. The zero-order valence-corrected chi connectivity index (χ0v) is 23.4. The highest BCUT2D eigenvalue weighted by atomic mass is 16.6. The molecule has 0 fully saturated rings. The maximum atomic E-state index is 13.4. The third-order valence-corrected chi connectivity index (χ3v) is 6.71. The number of nitro benzene ring substituents is 1. The van der Waals surface area contributed by atoms with Gasteiger partial charge in [0, 0.05) is 47.0 Å². The molecule has 0 aliphatic carbocycles. The highest BCUT2D eigenvalue weighted by Crippen LogP contribution is 2.26. The second-order valence-corrected chi connectivity index (χ2v) is 9.82. The molecule has 218 valence electrons. The molecule has 2 N–H and O–H groups in total. The molecule has 4 aromatic carbocycles. The van der Waals surface area contributed by atoms with Gasteiger partial charge in [-0.05, 0) is 60.5 Å². The number of carbonyl (C=O) groups excluding carboxylic acids is 3. The predicted molar refractivity (Wildman–Crippen MR) is 168 cm³/mol. The summed E-state index contributed by atoms with van der Waals surface area (Å²) in [6.07, 6.45) is 3.57. The minimum atomic E-state index is -0.476. The lowest BCUT2D eigenvalue weighted by Gasteiger charge is -2.13. The summed E-state index contributed by atoms with van der Waals surface area (Å²) in [7, 11) is 0. The molecule has 5 aromatic rings. The molecular weight excluding hydrogens is 558 g/mol. The number of furan rings is 1. The molecule has 0 bridgehead atoms. The van der Waals surface area contributed by atoms with Crippen LogP contribution in [-0.4, -0.2) is 22.5 Å². The number of nitro groups is 1. The SMILES string of the molecule is O=C(/C=C/c1ccc(-c2ccc([N+](=O)[O-])cc2)o1)Nc1ccc(NC(=O)CCc2ccccc2)c(C(=O)c2ccccc2)c1. The molecule has 0 unspecified atom stereocenters. The number of rotatable bonds is 11. The van der Waals surface area contributed by atoms with Crippen molar-refractivity contribution >= 4 is 40.7 Å². The first-order valence-electron chi connectivity index (χ1n) is 13.8. The van der Waals surface area contributed by atoms with Crippen LogP contribution in [0.3, 0.4) is 0 Å². The molecule has 0 saturated carbocycles. The van der Waals surface area contributed by atoms with Gasteiger partial charge < -0.3 is 15.1 Å². The summed E-state index contributed by atoms with van der Waals surface area (Å²) in [5.41, 5.74) is 3.06. The van der Waals surface area contributed by atoms with Gasteiger partial charge in [-0.3, -0.25) is 24.5 Å². The molecule has 5 rings (SSSR count). The van der Waals surface area contributed by atoms with Crippen molar-refractivity contribution in [1.82, 2.24) is 0 Å². The average Bonchev–Trinajstić information content (AvgIpc) is 3.53. The second-order valence-electron chi connectivity index (χ2n) is 9.82. The van der Waals surface area contributed by atoms with Gasteiger partial charge in [0.05, 0.1) is 10.6 Å². The number of carbonyl (C=O) groups is 3. The Bertz CT molecular complexity index is 1830. The number of hydrogen-bond acceptors (Lipinski definition) is 6. The maximum Gasteiger partial charge on any atom is 0.269 e. The summed E-state index contributed by atoms with van der Waals surface area (Å²) in [6.45, 7) is 0. The number of aryl methyl sites for hydroxylation is 1. The lowest BCUT2D eigenvalue weighted by Crippen LogP contribution is -2.16. The van der Waals surface area contributed by atoms with Gasteiger partial charge in [0.1, 0.15) is 11.5 Å². The fraction of sp³-hybridized carbons (Fsp3) is 0.0571. The Morgan fingerprint density at radius 3 is 2.20 bits per heavy atom. The van der Waals surface area contributed by atoms with Crippen LogP contribution in [0.1, 0.15) is 33.7 Å². The van der Waals surface area contributed by atoms with Crippen LogP contribution in [0.5, 0.6) is 0 Å². The Morgan fingerprint density at radius 1 is 0.795 bits per heavy atom. The summed E-state index contributed by atoms with van der Waals surface area (Å²) in [6, 6.07) is 32.4. The molecule has 0 atom stereocenters. The van der Waals surface area contributed by atoms with Crippen LogP contribution >= 0.6 is 0 Å². The van der Waals surface area contributed by atoms with Crippen molar-refractivity contribution in [3.63, 3.8) is 0 Å².